The highest BCUT2D eigenvalue weighted by Gasteiger charge is 1.97. The lowest BCUT2D eigenvalue weighted by Crippen LogP contribution is -2.20. The molecule has 74 valence electrons. The smallest absolute Gasteiger partial charge is 0.0606 e. The van der Waals surface area contributed by atoms with E-state index in [1.165, 1.54) is 0 Å². The van der Waals surface area contributed by atoms with E-state index in [4.69, 9.17) is 10.8 Å². The molecule has 4 heteroatoms. The van der Waals surface area contributed by atoms with E-state index in [9.17, 15) is 0 Å². The molecule has 0 spiro atoms. The maximum atomic E-state index is 8.69. The molecule has 1 aromatic rings. The number of nitrogens with zero attached hydrogens (tertiary/aromatic N) is 1. The van der Waals surface area contributed by atoms with Gasteiger partial charge in [0.1, 0.15) is 0 Å². The van der Waals surface area contributed by atoms with Crippen molar-refractivity contribution in [1.29, 1.82) is 0 Å². The molecule has 0 saturated heterocycles. The molecule has 1 rings (SSSR count). The lowest BCUT2D eigenvalue weighted by atomic mass is 10.2. The number of hydrogen-bond acceptors (Lipinski definition) is 3. The highest BCUT2D eigenvalue weighted by Crippen LogP contribution is 2.13. The lowest BCUT2D eigenvalue weighted by molar-refractivity contribution is 0.304. The molecule has 0 aliphatic carbocycles. The SMILES string of the molecule is CN(CCO)c1ccc(N)cc1.Cl. The molecule has 0 bridgehead atoms. The van der Waals surface area contributed by atoms with Crippen molar-refractivity contribution in [2.24, 2.45) is 0 Å². The molecule has 0 unspecified atom stereocenters. The zero-order valence-corrected chi connectivity index (χ0v) is 8.42. The topological polar surface area (TPSA) is 49.5 Å². The van der Waals surface area contributed by atoms with Gasteiger partial charge in [0.2, 0.25) is 0 Å². The number of rotatable bonds is 3. The summed E-state index contributed by atoms with van der Waals surface area (Å²) < 4.78 is 0. The van der Waals surface area contributed by atoms with Gasteiger partial charge in [0.15, 0.2) is 0 Å². The fraction of sp³-hybridized carbons (Fsp3) is 0.333. The molecular weight excluding hydrogens is 188 g/mol. The van der Waals surface area contributed by atoms with Crippen molar-refractivity contribution >= 4 is 23.8 Å². The second-order valence-corrected chi connectivity index (χ2v) is 2.74. The fourth-order valence-corrected chi connectivity index (χ4v) is 1.01. The van der Waals surface area contributed by atoms with Crippen molar-refractivity contribution < 1.29 is 5.11 Å². The Labute approximate surface area is 84.6 Å². The van der Waals surface area contributed by atoms with Crippen LogP contribution in [0, 0.1) is 0 Å². The second-order valence-electron chi connectivity index (χ2n) is 2.74. The molecule has 0 radical (unpaired) electrons. The maximum Gasteiger partial charge on any atom is 0.0606 e. The van der Waals surface area contributed by atoms with Crippen LogP contribution in [0.5, 0.6) is 0 Å². The van der Waals surface area contributed by atoms with E-state index < -0.39 is 0 Å². The molecule has 0 fully saturated rings. The standard InChI is InChI=1S/C9H14N2O.ClH/c1-11(6-7-12)9-4-2-8(10)3-5-9;/h2-5,12H,6-7,10H2,1H3;1H. The Balaban J connectivity index is 0.00000144. The predicted octanol–water partition coefficient (Wildman–Crippen LogP) is 1.12. The minimum Gasteiger partial charge on any atom is -0.399 e. The molecule has 0 aromatic heterocycles. The minimum absolute atomic E-state index is 0. The summed E-state index contributed by atoms with van der Waals surface area (Å²) in [7, 11) is 1.93. The van der Waals surface area contributed by atoms with Crippen molar-refractivity contribution in [3.8, 4) is 0 Å². The van der Waals surface area contributed by atoms with Crippen molar-refractivity contribution in [2.75, 3.05) is 30.8 Å². The zero-order valence-electron chi connectivity index (χ0n) is 7.60. The summed E-state index contributed by atoms with van der Waals surface area (Å²) in [6.45, 7) is 0.810. The molecule has 13 heavy (non-hydrogen) atoms. The Bertz CT molecular complexity index is 238. The first kappa shape index (κ1) is 12.1. The number of nitrogens with two attached hydrogens (primary N) is 1. The van der Waals surface area contributed by atoms with Gasteiger partial charge in [-0.1, -0.05) is 0 Å². The van der Waals surface area contributed by atoms with Gasteiger partial charge in [-0.3, -0.25) is 0 Å². The Morgan fingerprint density at radius 3 is 2.31 bits per heavy atom. The number of likely N-dealkylation sites (N-methyl/N-ethyl adjacent to an activating group) is 1. The summed E-state index contributed by atoms with van der Waals surface area (Å²) in [4.78, 5) is 1.97. The highest BCUT2D eigenvalue weighted by molar-refractivity contribution is 5.85. The summed E-state index contributed by atoms with van der Waals surface area (Å²) in [6.07, 6.45) is 0. The van der Waals surface area contributed by atoms with Gasteiger partial charge in [0, 0.05) is 25.0 Å². The summed E-state index contributed by atoms with van der Waals surface area (Å²) in [5, 5.41) is 8.69. The number of anilines is 2. The van der Waals surface area contributed by atoms with Gasteiger partial charge in [0.25, 0.3) is 0 Å². The van der Waals surface area contributed by atoms with Gasteiger partial charge in [-0.25, -0.2) is 0 Å². The van der Waals surface area contributed by atoms with Crippen LogP contribution < -0.4 is 10.6 Å². The molecule has 0 heterocycles. The van der Waals surface area contributed by atoms with E-state index in [0.717, 1.165) is 11.4 Å². The third-order valence-corrected chi connectivity index (χ3v) is 1.77. The molecule has 3 N–H and O–H groups in total. The van der Waals surface area contributed by atoms with Gasteiger partial charge in [-0.2, -0.15) is 0 Å². The van der Waals surface area contributed by atoms with E-state index in [0.29, 0.717) is 6.54 Å². The number of aliphatic hydroxyl groups is 1. The summed E-state index contributed by atoms with van der Waals surface area (Å²) in [5.74, 6) is 0. The average Bonchev–Trinajstić information content (AvgIpc) is 2.06. The fourth-order valence-electron chi connectivity index (χ4n) is 1.01. The minimum atomic E-state index is 0. The lowest BCUT2D eigenvalue weighted by Gasteiger charge is -2.17. The first-order chi connectivity index (χ1) is 5.74. The number of halogens is 1. The van der Waals surface area contributed by atoms with Crippen LogP contribution >= 0.6 is 12.4 Å². The number of hydrogen-bond donors (Lipinski definition) is 2. The van der Waals surface area contributed by atoms with E-state index in [2.05, 4.69) is 0 Å². The van der Waals surface area contributed by atoms with Gasteiger partial charge >= 0.3 is 0 Å². The third kappa shape index (κ3) is 3.53. The molecule has 1 aromatic carbocycles. The average molecular weight is 203 g/mol. The molecule has 3 nitrogen and oxygen atoms in total. The monoisotopic (exact) mass is 202 g/mol. The summed E-state index contributed by atoms with van der Waals surface area (Å²) in [6, 6.07) is 7.57. The zero-order chi connectivity index (χ0) is 8.97. The Morgan fingerprint density at radius 1 is 1.31 bits per heavy atom. The van der Waals surface area contributed by atoms with Crippen molar-refractivity contribution in [2.45, 2.75) is 0 Å². The van der Waals surface area contributed by atoms with Gasteiger partial charge in [-0.15, -0.1) is 12.4 Å². The van der Waals surface area contributed by atoms with Crippen LogP contribution in [0.25, 0.3) is 0 Å². The first-order valence-corrected chi connectivity index (χ1v) is 3.91. The van der Waals surface area contributed by atoms with Crippen LogP contribution in [-0.2, 0) is 0 Å². The summed E-state index contributed by atoms with van der Waals surface area (Å²) >= 11 is 0. The van der Waals surface area contributed by atoms with Gasteiger partial charge in [-0.05, 0) is 24.3 Å². The van der Waals surface area contributed by atoms with Crippen LogP contribution in [0.3, 0.4) is 0 Å². The molecule has 0 amide bonds. The maximum absolute atomic E-state index is 8.69. The third-order valence-electron chi connectivity index (χ3n) is 1.77. The quantitative estimate of drug-likeness (QED) is 0.723. The van der Waals surface area contributed by atoms with Crippen LogP contribution in [0.15, 0.2) is 24.3 Å². The van der Waals surface area contributed by atoms with E-state index in [-0.39, 0.29) is 19.0 Å². The Morgan fingerprint density at radius 2 is 1.85 bits per heavy atom. The highest BCUT2D eigenvalue weighted by atomic mass is 35.5. The molecule has 0 saturated carbocycles. The normalized spacial score (nSPS) is 9.08. The molecular formula is C9H15ClN2O. The second kappa shape index (κ2) is 5.67. The van der Waals surface area contributed by atoms with Crippen LogP contribution in [0.1, 0.15) is 0 Å². The van der Waals surface area contributed by atoms with Crippen molar-refractivity contribution in [3.05, 3.63) is 24.3 Å². The number of aliphatic hydroxyl groups excluding tert-OH is 1. The number of nitrogen functional groups attached to an aromatic ring is 1. The van der Waals surface area contributed by atoms with Crippen molar-refractivity contribution in [1.82, 2.24) is 0 Å². The molecule has 0 atom stereocenters. The molecule has 0 aliphatic rings. The predicted molar refractivity (Wildman–Crippen MR) is 58.5 cm³/mol. The van der Waals surface area contributed by atoms with E-state index in [1.807, 2.05) is 36.2 Å². The van der Waals surface area contributed by atoms with Gasteiger partial charge in [0.05, 0.1) is 6.61 Å². The van der Waals surface area contributed by atoms with E-state index in [1.54, 1.807) is 0 Å². The Hall–Kier alpha value is -0.930. The van der Waals surface area contributed by atoms with Crippen LogP contribution in [0.4, 0.5) is 11.4 Å². The molecule has 0 aliphatic heterocycles. The Kier molecular flexibility index (Phi) is 5.26. The van der Waals surface area contributed by atoms with Crippen LogP contribution in [0.2, 0.25) is 0 Å². The number of benzene rings is 1. The summed E-state index contributed by atoms with van der Waals surface area (Å²) in [5.41, 5.74) is 7.36. The van der Waals surface area contributed by atoms with Crippen LogP contribution in [-0.4, -0.2) is 25.3 Å². The van der Waals surface area contributed by atoms with Gasteiger partial charge < -0.3 is 15.7 Å². The largest absolute Gasteiger partial charge is 0.399 e. The van der Waals surface area contributed by atoms with E-state index >= 15 is 0 Å². The van der Waals surface area contributed by atoms with Crippen molar-refractivity contribution in [3.63, 3.8) is 0 Å². The first-order valence-electron chi connectivity index (χ1n) is 3.91.